The van der Waals surface area contributed by atoms with Gasteiger partial charge in [0.05, 0.1) is 29.9 Å². The average molecular weight is 401 g/mol. The third-order valence-electron chi connectivity index (χ3n) is 4.82. The van der Waals surface area contributed by atoms with Crippen LogP contribution in [0, 0.1) is 5.82 Å². The first-order valence-electron chi connectivity index (χ1n) is 9.16. The minimum atomic E-state index is -0.506. The van der Waals surface area contributed by atoms with E-state index >= 15 is 0 Å². The van der Waals surface area contributed by atoms with Crippen molar-refractivity contribution < 1.29 is 13.9 Å². The molecule has 6 nitrogen and oxygen atoms in total. The molecule has 0 saturated carbocycles. The van der Waals surface area contributed by atoms with Gasteiger partial charge in [-0.2, -0.15) is 0 Å². The van der Waals surface area contributed by atoms with E-state index in [0.29, 0.717) is 25.2 Å². The highest BCUT2D eigenvalue weighted by Crippen LogP contribution is 2.18. The molecule has 146 valence electrons. The molecule has 0 spiro atoms. The quantitative estimate of drug-likeness (QED) is 0.637. The highest BCUT2D eigenvalue weighted by atomic mass is 32.1. The van der Waals surface area contributed by atoms with Gasteiger partial charge < -0.3 is 9.64 Å². The number of nitrogens with zero attached hydrogens (tertiary/aromatic N) is 3. The molecule has 28 heavy (non-hydrogen) atoms. The first-order chi connectivity index (χ1) is 13.6. The van der Waals surface area contributed by atoms with Crippen LogP contribution in [0.5, 0.6) is 0 Å². The Morgan fingerprint density at radius 3 is 3.04 bits per heavy atom. The Morgan fingerprint density at radius 1 is 1.39 bits per heavy atom. The van der Waals surface area contributed by atoms with Gasteiger partial charge in [-0.05, 0) is 42.5 Å². The van der Waals surface area contributed by atoms with Crippen molar-refractivity contribution in [3.05, 3.63) is 63.1 Å². The van der Waals surface area contributed by atoms with Crippen LogP contribution < -0.4 is 5.56 Å². The van der Waals surface area contributed by atoms with Crippen LogP contribution in [0.25, 0.3) is 10.9 Å². The number of carbonyl (C=O) groups is 1. The van der Waals surface area contributed by atoms with E-state index in [9.17, 15) is 14.0 Å². The van der Waals surface area contributed by atoms with Gasteiger partial charge in [0.25, 0.3) is 5.56 Å². The number of hydrogen-bond acceptors (Lipinski definition) is 5. The first-order valence-corrected chi connectivity index (χ1v) is 10.0. The Balaban J connectivity index is 1.57. The molecule has 0 aliphatic carbocycles. The van der Waals surface area contributed by atoms with Gasteiger partial charge in [-0.25, -0.2) is 9.37 Å². The molecule has 1 saturated heterocycles. The Morgan fingerprint density at radius 2 is 2.29 bits per heavy atom. The number of ether oxygens (including phenoxy) is 1. The molecule has 8 heteroatoms. The summed E-state index contributed by atoms with van der Waals surface area (Å²) in [6.45, 7) is 1.53. The molecule has 0 N–H and O–H groups in total. The van der Waals surface area contributed by atoms with Crippen molar-refractivity contribution in [1.82, 2.24) is 14.5 Å². The zero-order valence-electron chi connectivity index (χ0n) is 15.2. The standard InChI is InChI=1S/C20H20FN3O3S/c21-14-5-6-18-17(9-14)20(26)24(13-22-18)12-19(25)23(10-15-3-1-7-27-15)11-16-4-2-8-28-16/h2,4-6,8-9,13,15H,1,3,7,10-12H2. The van der Waals surface area contributed by atoms with Crippen LogP contribution in [0.1, 0.15) is 17.7 Å². The van der Waals surface area contributed by atoms with Crippen molar-refractivity contribution in [3.8, 4) is 0 Å². The second kappa shape index (κ2) is 8.20. The van der Waals surface area contributed by atoms with E-state index in [1.54, 1.807) is 16.2 Å². The van der Waals surface area contributed by atoms with Crippen LogP contribution in [-0.2, 0) is 22.6 Å². The van der Waals surface area contributed by atoms with Crippen LogP contribution in [0.4, 0.5) is 4.39 Å². The normalized spacial score (nSPS) is 16.5. The van der Waals surface area contributed by atoms with Crippen LogP contribution >= 0.6 is 11.3 Å². The lowest BCUT2D eigenvalue weighted by Gasteiger charge is -2.25. The fraction of sp³-hybridized carbons (Fsp3) is 0.350. The third-order valence-corrected chi connectivity index (χ3v) is 5.68. The van der Waals surface area contributed by atoms with E-state index in [0.717, 1.165) is 23.8 Å². The molecule has 0 radical (unpaired) electrons. The van der Waals surface area contributed by atoms with Crippen molar-refractivity contribution in [1.29, 1.82) is 0 Å². The molecule has 3 aromatic rings. The van der Waals surface area contributed by atoms with Crippen molar-refractivity contribution >= 4 is 28.1 Å². The molecule has 1 unspecified atom stereocenters. The second-order valence-electron chi connectivity index (χ2n) is 6.83. The maximum atomic E-state index is 13.5. The number of rotatable bonds is 6. The van der Waals surface area contributed by atoms with E-state index in [4.69, 9.17) is 4.74 Å². The summed E-state index contributed by atoms with van der Waals surface area (Å²) in [7, 11) is 0. The summed E-state index contributed by atoms with van der Waals surface area (Å²) in [4.78, 5) is 32.6. The number of amides is 1. The lowest BCUT2D eigenvalue weighted by molar-refractivity contribution is -0.134. The molecule has 1 amide bonds. The smallest absolute Gasteiger partial charge is 0.261 e. The maximum Gasteiger partial charge on any atom is 0.261 e. The molecule has 1 fully saturated rings. The topological polar surface area (TPSA) is 64.4 Å². The first kappa shape index (κ1) is 18.8. The minimum Gasteiger partial charge on any atom is -0.376 e. The Bertz CT molecular complexity index is 1030. The van der Waals surface area contributed by atoms with E-state index in [2.05, 4.69) is 4.98 Å². The van der Waals surface area contributed by atoms with Gasteiger partial charge in [0.1, 0.15) is 12.4 Å². The van der Waals surface area contributed by atoms with Crippen LogP contribution in [0.15, 0.2) is 46.8 Å². The number of fused-ring (bicyclic) bond motifs is 1. The van der Waals surface area contributed by atoms with Gasteiger partial charge in [0, 0.05) is 18.0 Å². The highest BCUT2D eigenvalue weighted by molar-refractivity contribution is 7.09. The van der Waals surface area contributed by atoms with Crippen LogP contribution in [0.3, 0.4) is 0 Å². The van der Waals surface area contributed by atoms with E-state index < -0.39 is 11.4 Å². The molecule has 1 aliphatic heterocycles. The SMILES string of the molecule is O=C(Cn1cnc2ccc(F)cc2c1=O)N(Cc1cccs1)CC1CCCO1. The monoisotopic (exact) mass is 401 g/mol. The van der Waals surface area contributed by atoms with Crippen molar-refractivity contribution in [2.45, 2.75) is 32.0 Å². The van der Waals surface area contributed by atoms with E-state index in [1.165, 1.54) is 23.0 Å². The number of aromatic nitrogens is 2. The molecule has 3 heterocycles. The van der Waals surface area contributed by atoms with Crippen molar-refractivity contribution in [2.24, 2.45) is 0 Å². The fourth-order valence-electron chi connectivity index (χ4n) is 3.37. The predicted octanol–water partition coefficient (Wildman–Crippen LogP) is 2.80. The van der Waals surface area contributed by atoms with Crippen molar-refractivity contribution in [2.75, 3.05) is 13.2 Å². The summed E-state index contributed by atoms with van der Waals surface area (Å²) >= 11 is 1.58. The number of benzene rings is 1. The van der Waals surface area contributed by atoms with Gasteiger partial charge in [-0.3, -0.25) is 14.2 Å². The van der Waals surface area contributed by atoms with Gasteiger partial charge in [0.2, 0.25) is 5.91 Å². The molecule has 0 bridgehead atoms. The molecular weight excluding hydrogens is 381 g/mol. The van der Waals surface area contributed by atoms with Gasteiger partial charge in [-0.15, -0.1) is 11.3 Å². The zero-order chi connectivity index (χ0) is 19.5. The van der Waals surface area contributed by atoms with Crippen molar-refractivity contribution in [3.63, 3.8) is 0 Å². The molecule has 2 aromatic heterocycles. The number of thiophene rings is 1. The Kier molecular flexibility index (Phi) is 5.50. The minimum absolute atomic E-state index is 0.0180. The number of halogens is 1. The summed E-state index contributed by atoms with van der Waals surface area (Å²) in [6, 6.07) is 7.79. The molecular formula is C20H20FN3O3S. The molecule has 1 aliphatic rings. The van der Waals surface area contributed by atoms with Crippen LogP contribution in [-0.4, -0.2) is 39.6 Å². The summed E-state index contributed by atoms with van der Waals surface area (Å²) in [5.74, 6) is -0.697. The molecule has 1 atom stereocenters. The predicted molar refractivity (Wildman–Crippen MR) is 105 cm³/mol. The number of hydrogen-bond donors (Lipinski definition) is 0. The summed E-state index contributed by atoms with van der Waals surface area (Å²) in [5, 5.41) is 2.13. The van der Waals surface area contributed by atoms with Crippen LogP contribution in [0.2, 0.25) is 0 Å². The third kappa shape index (κ3) is 4.13. The Hall–Kier alpha value is -2.58. The Labute approximate surface area is 165 Å². The maximum absolute atomic E-state index is 13.5. The fourth-order valence-corrected chi connectivity index (χ4v) is 4.09. The summed E-state index contributed by atoms with van der Waals surface area (Å²) < 4.78 is 20.4. The van der Waals surface area contributed by atoms with Gasteiger partial charge >= 0.3 is 0 Å². The molecule has 4 rings (SSSR count). The number of carbonyl (C=O) groups excluding carboxylic acids is 1. The lowest BCUT2D eigenvalue weighted by atomic mass is 10.2. The highest BCUT2D eigenvalue weighted by Gasteiger charge is 2.23. The molecule has 1 aromatic carbocycles. The zero-order valence-corrected chi connectivity index (χ0v) is 16.0. The summed E-state index contributed by atoms with van der Waals surface area (Å²) in [6.07, 6.45) is 3.27. The lowest BCUT2D eigenvalue weighted by Crippen LogP contribution is -2.40. The summed E-state index contributed by atoms with van der Waals surface area (Å²) in [5.41, 5.74) is -0.0177. The van der Waals surface area contributed by atoms with Gasteiger partial charge in [0.15, 0.2) is 0 Å². The largest absolute Gasteiger partial charge is 0.376 e. The second-order valence-corrected chi connectivity index (χ2v) is 7.86. The van der Waals surface area contributed by atoms with E-state index in [-0.39, 0.29) is 23.9 Å². The van der Waals surface area contributed by atoms with E-state index in [1.807, 2.05) is 17.5 Å². The van der Waals surface area contributed by atoms with Gasteiger partial charge in [-0.1, -0.05) is 6.07 Å². The average Bonchev–Trinajstić information content (AvgIpc) is 3.38.